The number of nitrogens with one attached hydrogen (secondary N) is 1. The smallest absolute Gasteiger partial charge is 0.145 e. The van der Waals surface area contributed by atoms with Crippen LogP contribution in [-0.4, -0.2) is 32.9 Å². The standard InChI is InChI=1S/C14H17Cl2NO2/c1-2-18-4-3-17-8-10-5-11-6-12(15)7-13(16)14(11)19-9-10/h5-7,17H,2-4,8-9H2,1H3. The Morgan fingerprint density at radius 3 is 3.00 bits per heavy atom. The predicted molar refractivity (Wildman–Crippen MR) is 79.3 cm³/mol. The molecule has 0 aromatic heterocycles. The summed E-state index contributed by atoms with van der Waals surface area (Å²) in [5.74, 6) is 0.712. The van der Waals surface area contributed by atoms with Gasteiger partial charge < -0.3 is 14.8 Å². The van der Waals surface area contributed by atoms with E-state index < -0.39 is 0 Å². The molecule has 0 saturated carbocycles. The van der Waals surface area contributed by atoms with E-state index in [0.717, 1.165) is 31.9 Å². The van der Waals surface area contributed by atoms with Gasteiger partial charge in [0.25, 0.3) is 0 Å². The number of benzene rings is 1. The van der Waals surface area contributed by atoms with E-state index in [0.29, 0.717) is 22.4 Å². The van der Waals surface area contributed by atoms with Crippen LogP contribution >= 0.6 is 23.2 Å². The molecule has 0 spiro atoms. The van der Waals surface area contributed by atoms with E-state index in [1.165, 1.54) is 5.57 Å². The summed E-state index contributed by atoms with van der Waals surface area (Å²) >= 11 is 12.1. The van der Waals surface area contributed by atoms with Gasteiger partial charge in [0.05, 0.1) is 11.6 Å². The van der Waals surface area contributed by atoms with Gasteiger partial charge in [-0.15, -0.1) is 0 Å². The van der Waals surface area contributed by atoms with Gasteiger partial charge in [0.2, 0.25) is 0 Å². The molecule has 1 heterocycles. The molecule has 0 unspecified atom stereocenters. The summed E-state index contributed by atoms with van der Waals surface area (Å²) in [5, 5.41) is 4.49. The van der Waals surface area contributed by atoms with Gasteiger partial charge >= 0.3 is 0 Å². The normalized spacial score (nSPS) is 13.7. The van der Waals surface area contributed by atoms with Gasteiger partial charge in [-0.1, -0.05) is 23.2 Å². The van der Waals surface area contributed by atoms with Crippen molar-refractivity contribution in [2.45, 2.75) is 6.92 Å². The highest BCUT2D eigenvalue weighted by molar-refractivity contribution is 6.36. The van der Waals surface area contributed by atoms with Gasteiger partial charge in [-0.05, 0) is 30.7 Å². The van der Waals surface area contributed by atoms with E-state index in [1.54, 1.807) is 6.07 Å². The van der Waals surface area contributed by atoms with Crippen molar-refractivity contribution in [3.8, 4) is 5.75 Å². The zero-order valence-electron chi connectivity index (χ0n) is 10.8. The third-order valence-corrected chi connectivity index (χ3v) is 3.28. The average molecular weight is 302 g/mol. The summed E-state index contributed by atoms with van der Waals surface area (Å²) in [5.41, 5.74) is 2.10. The molecule has 0 aliphatic carbocycles. The van der Waals surface area contributed by atoms with Gasteiger partial charge in [0, 0.05) is 30.3 Å². The number of ether oxygens (including phenoxy) is 2. The van der Waals surface area contributed by atoms with Crippen LogP contribution in [0.5, 0.6) is 5.75 Å². The molecule has 1 aromatic carbocycles. The minimum absolute atomic E-state index is 0.552. The summed E-state index contributed by atoms with van der Waals surface area (Å²) in [6, 6.07) is 3.56. The van der Waals surface area contributed by atoms with Gasteiger partial charge in [0.15, 0.2) is 0 Å². The first kappa shape index (κ1) is 14.7. The van der Waals surface area contributed by atoms with Crippen LogP contribution in [0.1, 0.15) is 12.5 Å². The molecular weight excluding hydrogens is 285 g/mol. The molecule has 1 aliphatic heterocycles. The van der Waals surface area contributed by atoms with E-state index in [1.807, 2.05) is 13.0 Å². The Hall–Kier alpha value is -0.740. The monoisotopic (exact) mass is 301 g/mol. The van der Waals surface area contributed by atoms with E-state index in [2.05, 4.69) is 11.4 Å². The minimum atomic E-state index is 0.552. The van der Waals surface area contributed by atoms with Crippen molar-refractivity contribution >= 4 is 29.3 Å². The van der Waals surface area contributed by atoms with Crippen LogP contribution in [0.25, 0.3) is 6.08 Å². The lowest BCUT2D eigenvalue weighted by molar-refractivity contribution is 0.150. The van der Waals surface area contributed by atoms with Crippen molar-refractivity contribution in [3.05, 3.63) is 33.3 Å². The summed E-state index contributed by atoms with van der Waals surface area (Å²) in [6.07, 6.45) is 2.07. The van der Waals surface area contributed by atoms with Crippen molar-refractivity contribution in [3.63, 3.8) is 0 Å². The Kier molecular flexibility index (Phi) is 5.52. The molecule has 1 aromatic rings. The largest absolute Gasteiger partial charge is 0.487 e. The molecule has 0 saturated heterocycles. The zero-order chi connectivity index (χ0) is 13.7. The van der Waals surface area contributed by atoms with Crippen molar-refractivity contribution in [1.29, 1.82) is 0 Å². The number of halogens is 2. The zero-order valence-corrected chi connectivity index (χ0v) is 12.4. The molecule has 0 radical (unpaired) electrons. The Morgan fingerprint density at radius 1 is 1.37 bits per heavy atom. The summed E-state index contributed by atoms with van der Waals surface area (Å²) < 4.78 is 10.9. The summed E-state index contributed by atoms with van der Waals surface area (Å²) in [7, 11) is 0. The molecule has 2 rings (SSSR count). The predicted octanol–water partition coefficient (Wildman–Crippen LogP) is 3.40. The van der Waals surface area contributed by atoms with Crippen LogP contribution in [0.4, 0.5) is 0 Å². The van der Waals surface area contributed by atoms with Crippen molar-refractivity contribution < 1.29 is 9.47 Å². The van der Waals surface area contributed by atoms with Crippen molar-refractivity contribution in [1.82, 2.24) is 5.32 Å². The number of rotatable bonds is 6. The summed E-state index contributed by atoms with van der Waals surface area (Å²) in [6.45, 7) is 5.61. The van der Waals surface area contributed by atoms with Crippen LogP contribution in [0.2, 0.25) is 10.0 Å². The number of hydrogen-bond acceptors (Lipinski definition) is 3. The minimum Gasteiger partial charge on any atom is -0.487 e. The lowest BCUT2D eigenvalue weighted by atomic mass is 10.1. The number of fused-ring (bicyclic) bond motifs is 1. The van der Waals surface area contributed by atoms with Crippen LogP contribution in [0.15, 0.2) is 17.7 Å². The maximum atomic E-state index is 6.09. The second kappa shape index (κ2) is 7.15. The lowest BCUT2D eigenvalue weighted by Crippen LogP contribution is -2.25. The SMILES string of the molecule is CCOCCNCC1=Cc2cc(Cl)cc(Cl)c2OC1. The molecular formula is C14H17Cl2NO2. The Labute approximate surface area is 123 Å². The molecule has 0 fully saturated rings. The van der Waals surface area contributed by atoms with Crippen LogP contribution < -0.4 is 10.1 Å². The molecule has 104 valence electrons. The Bertz CT molecular complexity index is 475. The van der Waals surface area contributed by atoms with Crippen LogP contribution in [0, 0.1) is 0 Å². The first-order chi connectivity index (χ1) is 9.20. The van der Waals surface area contributed by atoms with E-state index in [-0.39, 0.29) is 0 Å². The maximum absolute atomic E-state index is 6.09. The van der Waals surface area contributed by atoms with E-state index >= 15 is 0 Å². The molecule has 1 N–H and O–H groups in total. The van der Waals surface area contributed by atoms with Gasteiger partial charge in [-0.25, -0.2) is 0 Å². The second-order valence-corrected chi connectivity index (χ2v) is 5.11. The molecule has 3 nitrogen and oxygen atoms in total. The fourth-order valence-electron chi connectivity index (χ4n) is 1.91. The fourth-order valence-corrected chi connectivity index (χ4v) is 2.47. The topological polar surface area (TPSA) is 30.5 Å². The molecule has 1 aliphatic rings. The molecule has 0 atom stereocenters. The third-order valence-electron chi connectivity index (χ3n) is 2.78. The highest BCUT2D eigenvalue weighted by Gasteiger charge is 2.15. The highest BCUT2D eigenvalue weighted by atomic mass is 35.5. The first-order valence-corrected chi connectivity index (χ1v) is 7.06. The Morgan fingerprint density at radius 2 is 2.21 bits per heavy atom. The van der Waals surface area contributed by atoms with Crippen LogP contribution in [0.3, 0.4) is 0 Å². The van der Waals surface area contributed by atoms with Crippen molar-refractivity contribution in [2.24, 2.45) is 0 Å². The molecule has 0 bridgehead atoms. The average Bonchev–Trinajstić information content (AvgIpc) is 2.38. The lowest BCUT2D eigenvalue weighted by Gasteiger charge is -2.19. The highest BCUT2D eigenvalue weighted by Crippen LogP contribution is 2.36. The first-order valence-electron chi connectivity index (χ1n) is 6.30. The van der Waals surface area contributed by atoms with Crippen LogP contribution in [-0.2, 0) is 4.74 Å². The fraction of sp³-hybridized carbons (Fsp3) is 0.429. The van der Waals surface area contributed by atoms with Gasteiger partial charge in [-0.2, -0.15) is 0 Å². The Balaban J connectivity index is 1.95. The summed E-state index contributed by atoms with van der Waals surface area (Å²) in [4.78, 5) is 0. The van der Waals surface area contributed by atoms with Gasteiger partial charge in [-0.3, -0.25) is 0 Å². The third kappa shape index (κ3) is 4.11. The second-order valence-electron chi connectivity index (χ2n) is 4.27. The number of hydrogen-bond donors (Lipinski definition) is 1. The van der Waals surface area contributed by atoms with E-state index in [4.69, 9.17) is 32.7 Å². The quantitative estimate of drug-likeness (QED) is 0.817. The van der Waals surface area contributed by atoms with E-state index in [9.17, 15) is 0 Å². The molecule has 5 heteroatoms. The molecule has 19 heavy (non-hydrogen) atoms. The molecule has 0 amide bonds. The maximum Gasteiger partial charge on any atom is 0.145 e. The van der Waals surface area contributed by atoms with Crippen molar-refractivity contribution in [2.75, 3.05) is 32.9 Å². The van der Waals surface area contributed by atoms with Gasteiger partial charge in [0.1, 0.15) is 12.4 Å².